The van der Waals surface area contributed by atoms with Crippen LogP contribution in [0.2, 0.25) is 0 Å². The average molecular weight is 343 g/mol. The highest BCUT2D eigenvalue weighted by molar-refractivity contribution is 5.77. The number of hydrogen-bond donors (Lipinski definition) is 1. The Morgan fingerprint density at radius 1 is 0.885 bits per heavy atom. The molecule has 5 heteroatoms. The molecule has 0 atom stereocenters. The van der Waals surface area contributed by atoms with E-state index in [0.29, 0.717) is 28.1 Å². The lowest BCUT2D eigenvalue weighted by molar-refractivity contribution is 0.292. The van der Waals surface area contributed by atoms with E-state index >= 15 is 0 Å². The van der Waals surface area contributed by atoms with Crippen molar-refractivity contribution in [2.75, 3.05) is 5.73 Å². The number of benzene rings is 3. The summed E-state index contributed by atoms with van der Waals surface area (Å²) in [6, 6.07) is 23.9. The van der Waals surface area contributed by atoms with Crippen molar-refractivity contribution in [1.82, 2.24) is 9.55 Å². The minimum Gasteiger partial charge on any atom is -0.486 e. The van der Waals surface area contributed by atoms with Crippen LogP contribution in [0.3, 0.4) is 0 Å². The van der Waals surface area contributed by atoms with Gasteiger partial charge in [0, 0.05) is 5.69 Å². The molecule has 0 radical (unpaired) electrons. The number of nitrogen functional groups attached to an aromatic ring is 1. The molecule has 0 aliphatic heterocycles. The van der Waals surface area contributed by atoms with Crippen LogP contribution >= 0.6 is 0 Å². The number of aromatic nitrogens is 2. The normalized spacial score (nSPS) is 10.8. The van der Waals surface area contributed by atoms with E-state index in [4.69, 9.17) is 10.5 Å². The fourth-order valence-electron chi connectivity index (χ4n) is 2.83. The quantitative estimate of drug-likeness (QED) is 0.575. The summed E-state index contributed by atoms with van der Waals surface area (Å²) >= 11 is 0. The summed E-state index contributed by atoms with van der Waals surface area (Å²) in [5, 5.41) is 0.563. The zero-order chi connectivity index (χ0) is 17.9. The maximum Gasteiger partial charge on any atom is 0.266 e. The smallest absolute Gasteiger partial charge is 0.266 e. The van der Waals surface area contributed by atoms with Crippen molar-refractivity contribution < 1.29 is 4.74 Å². The van der Waals surface area contributed by atoms with Crippen LogP contribution < -0.4 is 16.0 Å². The second-order valence-electron chi connectivity index (χ2n) is 5.88. The van der Waals surface area contributed by atoms with Crippen LogP contribution in [0.25, 0.3) is 16.6 Å². The highest BCUT2D eigenvalue weighted by Gasteiger charge is 2.13. The summed E-state index contributed by atoms with van der Waals surface area (Å²) in [7, 11) is 0. The molecule has 0 spiro atoms. The fraction of sp³-hybridized carbons (Fsp3) is 0.0476. The van der Waals surface area contributed by atoms with Gasteiger partial charge < -0.3 is 10.5 Å². The predicted octanol–water partition coefficient (Wildman–Crippen LogP) is 3.55. The molecular weight excluding hydrogens is 326 g/mol. The molecular formula is C21H17N3O2. The number of hydrogen-bond acceptors (Lipinski definition) is 4. The Morgan fingerprint density at radius 3 is 2.35 bits per heavy atom. The maximum atomic E-state index is 13.1. The van der Waals surface area contributed by atoms with Crippen LogP contribution in [0.4, 0.5) is 5.69 Å². The van der Waals surface area contributed by atoms with Gasteiger partial charge in [0.05, 0.1) is 16.6 Å². The Morgan fingerprint density at radius 2 is 1.58 bits per heavy atom. The van der Waals surface area contributed by atoms with Gasteiger partial charge in [0.15, 0.2) is 5.82 Å². The van der Waals surface area contributed by atoms with Crippen molar-refractivity contribution in [3.8, 4) is 11.4 Å². The van der Waals surface area contributed by atoms with Gasteiger partial charge in [-0.3, -0.25) is 9.36 Å². The lowest BCUT2D eigenvalue weighted by atomic mass is 10.2. The van der Waals surface area contributed by atoms with E-state index in [0.717, 1.165) is 5.75 Å². The van der Waals surface area contributed by atoms with E-state index in [1.807, 2.05) is 48.5 Å². The van der Waals surface area contributed by atoms with Crippen LogP contribution in [0.5, 0.6) is 5.75 Å². The fourth-order valence-corrected chi connectivity index (χ4v) is 2.83. The summed E-state index contributed by atoms with van der Waals surface area (Å²) in [5.41, 5.74) is 7.63. The number of nitrogens with two attached hydrogens (primary N) is 1. The van der Waals surface area contributed by atoms with Crippen LogP contribution in [-0.4, -0.2) is 9.55 Å². The molecule has 128 valence electrons. The number of anilines is 1. The van der Waals surface area contributed by atoms with Crippen molar-refractivity contribution in [2.24, 2.45) is 0 Å². The SMILES string of the molecule is Nc1ccc(-n2c(COc3ccccc3)nc3ccccc3c2=O)cc1. The van der Waals surface area contributed by atoms with Gasteiger partial charge in [-0.15, -0.1) is 0 Å². The molecule has 2 N–H and O–H groups in total. The summed E-state index contributed by atoms with van der Waals surface area (Å²) in [6.45, 7) is 0.175. The molecule has 4 rings (SSSR count). The first-order chi connectivity index (χ1) is 12.7. The van der Waals surface area contributed by atoms with Gasteiger partial charge in [-0.2, -0.15) is 0 Å². The molecule has 5 nitrogen and oxygen atoms in total. The standard InChI is InChI=1S/C21H17N3O2/c22-15-10-12-16(13-11-15)24-20(14-26-17-6-2-1-3-7-17)23-19-9-5-4-8-18(19)21(24)25/h1-13H,14,22H2. The first-order valence-corrected chi connectivity index (χ1v) is 8.27. The van der Waals surface area contributed by atoms with Gasteiger partial charge >= 0.3 is 0 Å². The Balaban J connectivity index is 1.85. The number of rotatable bonds is 4. The number of nitrogens with zero attached hydrogens (tertiary/aromatic N) is 2. The van der Waals surface area contributed by atoms with E-state index in [9.17, 15) is 4.79 Å². The monoisotopic (exact) mass is 343 g/mol. The third-order valence-corrected chi connectivity index (χ3v) is 4.11. The lowest BCUT2D eigenvalue weighted by Crippen LogP contribution is -2.25. The number of ether oxygens (including phenoxy) is 1. The molecule has 0 unspecified atom stereocenters. The third kappa shape index (κ3) is 3.02. The van der Waals surface area contributed by atoms with E-state index in [1.54, 1.807) is 34.9 Å². The highest BCUT2D eigenvalue weighted by atomic mass is 16.5. The van der Waals surface area contributed by atoms with Gasteiger partial charge in [0.25, 0.3) is 5.56 Å². The molecule has 0 aliphatic rings. The second kappa shape index (κ2) is 6.72. The van der Waals surface area contributed by atoms with Gasteiger partial charge in [-0.25, -0.2) is 4.98 Å². The van der Waals surface area contributed by atoms with Gasteiger partial charge in [0.1, 0.15) is 12.4 Å². The molecule has 0 aliphatic carbocycles. The van der Waals surface area contributed by atoms with E-state index in [1.165, 1.54) is 0 Å². The van der Waals surface area contributed by atoms with Gasteiger partial charge in [-0.1, -0.05) is 30.3 Å². The minimum atomic E-state index is -0.132. The largest absolute Gasteiger partial charge is 0.486 e. The maximum absolute atomic E-state index is 13.1. The van der Waals surface area contributed by atoms with Crippen molar-refractivity contribution in [3.05, 3.63) is 95.0 Å². The summed E-state index contributed by atoms with van der Waals surface area (Å²) in [4.78, 5) is 17.7. The van der Waals surface area contributed by atoms with Crippen LogP contribution in [0.15, 0.2) is 83.7 Å². The summed E-state index contributed by atoms with van der Waals surface area (Å²) in [5.74, 6) is 1.25. The molecule has 1 aromatic heterocycles. The summed E-state index contributed by atoms with van der Waals surface area (Å²) in [6.07, 6.45) is 0. The Hall–Kier alpha value is -3.60. The topological polar surface area (TPSA) is 70.1 Å². The van der Waals surface area contributed by atoms with E-state index < -0.39 is 0 Å². The van der Waals surface area contributed by atoms with Crippen LogP contribution in [0, 0.1) is 0 Å². The van der Waals surface area contributed by atoms with Crippen molar-refractivity contribution in [1.29, 1.82) is 0 Å². The average Bonchev–Trinajstić information content (AvgIpc) is 2.68. The molecule has 0 saturated heterocycles. The first-order valence-electron chi connectivity index (χ1n) is 8.27. The lowest BCUT2D eigenvalue weighted by Gasteiger charge is -2.14. The van der Waals surface area contributed by atoms with Gasteiger partial charge in [0.2, 0.25) is 0 Å². The predicted molar refractivity (Wildman–Crippen MR) is 103 cm³/mol. The Bertz CT molecular complexity index is 1100. The van der Waals surface area contributed by atoms with Gasteiger partial charge in [-0.05, 0) is 48.5 Å². The summed E-state index contributed by atoms with van der Waals surface area (Å²) < 4.78 is 7.41. The molecule has 0 fully saturated rings. The zero-order valence-corrected chi connectivity index (χ0v) is 14.0. The first kappa shape index (κ1) is 15.9. The van der Waals surface area contributed by atoms with Crippen molar-refractivity contribution in [2.45, 2.75) is 6.61 Å². The Labute approximate surface area is 150 Å². The van der Waals surface area contributed by atoms with E-state index in [-0.39, 0.29) is 12.2 Å². The van der Waals surface area contributed by atoms with Crippen molar-refractivity contribution in [3.63, 3.8) is 0 Å². The second-order valence-corrected chi connectivity index (χ2v) is 5.88. The molecule has 1 heterocycles. The molecule has 0 amide bonds. The molecule has 0 bridgehead atoms. The van der Waals surface area contributed by atoms with Crippen LogP contribution in [-0.2, 0) is 6.61 Å². The van der Waals surface area contributed by atoms with E-state index in [2.05, 4.69) is 4.98 Å². The zero-order valence-electron chi connectivity index (χ0n) is 14.0. The third-order valence-electron chi connectivity index (χ3n) is 4.11. The molecule has 4 aromatic rings. The molecule has 26 heavy (non-hydrogen) atoms. The number of fused-ring (bicyclic) bond motifs is 1. The number of para-hydroxylation sites is 2. The Kier molecular flexibility index (Phi) is 4.11. The van der Waals surface area contributed by atoms with Crippen LogP contribution in [0.1, 0.15) is 5.82 Å². The molecule has 0 saturated carbocycles. The minimum absolute atomic E-state index is 0.132. The molecule has 3 aromatic carbocycles. The highest BCUT2D eigenvalue weighted by Crippen LogP contribution is 2.17. The van der Waals surface area contributed by atoms with Crippen molar-refractivity contribution >= 4 is 16.6 Å².